The molecular formula is C16H23IN2O3. The summed E-state index contributed by atoms with van der Waals surface area (Å²) in [5.41, 5.74) is 0.0929. The molecular weight excluding hydrogens is 395 g/mol. The Morgan fingerprint density at radius 2 is 1.82 bits per heavy atom. The van der Waals surface area contributed by atoms with Gasteiger partial charge in [0.1, 0.15) is 5.60 Å². The number of amides is 2. The minimum atomic E-state index is -0.519. The summed E-state index contributed by atoms with van der Waals surface area (Å²) in [7, 11) is 0. The molecule has 0 aliphatic heterocycles. The highest BCUT2D eigenvalue weighted by molar-refractivity contribution is 14.1. The number of nitrogens with zero attached hydrogens (tertiary/aromatic N) is 1. The fourth-order valence-electron chi connectivity index (χ4n) is 1.71. The highest BCUT2D eigenvalue weighted by Gasteiger charge is 2.20. The second-order valence-electron chi connectivity index (χ2n) is 5.82. The molecule has 0 saturated carbocycles. The van der Waals surface area contributed by atoms with Crippen LogP contribution in [0.2, 0.25) is 0 Å². The first-order chi connectivity index (χ1) is 10.2. The summed E-state index contributed by atoms with van der Waals surface area (Å²) in [5, 5.41) is 2.81. The number of nitrogens with one attached hydrogen (secondary N) is 1. The standard InChI is InChI=1S/C16H23IN2O3/c1-5-19(15(21)22-16(2,3)4)11-10-18-14(20)12-6-8-13(17)9-7-12/h6-9H,5,10-11H2,1-4H3,(H,18,20). The summed E-state index contributed by atoms with van der Waals surface area (Å²) in [4.78, 5) is 25.5. The molecule has 1 N–H and O–H groups in total. The fraction of sp³-hybridized carbons (Fsp3) is 0.500. The first-order valence-corrected chi connectivity index (χ1v) is 8.32. The molecule has 0 unspecified atom stereocenters. The Bertz CT molecular complexity index is 509. The molecule has 2 amide bonds. The van der Waals surface area contributed by atoms with Crippen molar-refractivity contribution < 1.29 is 14.3 Å². The average molecular weight is 418 g/mol. The van der Waals surface area contributed by atoms with E-state index < -0.39 is 5.60 Å². The zero-order chi connectivity index (χ0) is 16.8. The first kappa shape index (κ1) is 18.7. The Hall–Kier alpha value is -1.31. The number of hydrogen-bond acceptors (Lipinski definition) is 3. The summed E-state index contributed by atoms with van der Waals surface area (Å²) in [6.45, 7) is 8.71. The lowest BCUT2D eigenvalue weighted by molar-refractivity contribution is 0.0261. The van der Waals surface area contributed by atoms with E-state index in [9.17, 15) is 9.59 Å². The molecule has 6 heteroatoms. The van der Waals surface area contributed by atoms with Gasteiger partial charge in [-0.25, -0.2) is 4.79 Å². The molecule has 1 aromatic carbocycles. The number of ether oxygens (including phenoxy) is 1. The fourth-order valence-corrected chi connectivity index (χ4v) is 2.07. The lowest BCUT2D eigenvalue weighted by Crippen LogP contribution is -2.41. The van der Waals surface area contributed by atoms with Crippen LogP contribution >= 0.6 is 22.6 Å². The highest BCUT2D eigenvalue weighted by atomic mass is 127. The monoisotopic (exact) mass is 418 g/mol. The second-order valence-corrected chi connectivity index (χ2v) is 7.07. The largest absolute Gasteiger partial charge is 0.444 e. The number of likely N-dealkylation sites (N-methyl/N-ethyl adjacent to an activating group) is 1. The van der Waals surface area contributed by atoms with E-state index >= 15 is 0 Å². The summed E-state index contributed by atoms with van der Waals surface area (Å²) in [6, 6.07) is 7.33. The SMILES string of the molecule is CCN(CCNC(=O)c1ccc(I)cc1)C(=O)OC(C)(C)C. The van der Waals surface area contributed by atoms with E-state index in [1.165, 1.54) is 0 Å². The Morgan fingerprint density at radius 1 is 1.23 bits per heavy atom. The van der Waals surface area contributed by atoms with Crippen LogP contribution in [-0.4, -0.2) is 42.1 Å². The van der Waals surface area contributed by atoms with Crippen molar-refractivity contribution in [2.45, 2.75) is 33.3 Å². The van der Waals surface area contributed by atoms with Crippen LogP contribution in [0.4, 0.5) is 4.79 Å². The van der Waals surface area contributed by atoms with Gasteiger partial charge in [-0.1, -0.05) is 0 Å². The highest BCUT2D eigenvalue weighted by Crippen LogP contribution is 2.10. The van der Waals surface area contributed by atoms with Gasteiger partial charge < -0.3 is 15.0 Å². The lowest BCUT2D eigenvalue weighted by atomic mass is 10.2. The zero-order valence-electron chi connectivity index (χ0n) is 13.5. The molecule has 122 valence electrons. The molecule has 0 aromatic heterocycles. The molecule has 0 heterocycles. The molecule has 0 bridgehead atoms. The maximum atomic E-state index is 12.0. The Kier molecular flexibility index (Phi) is 7.12. The minimum Gasteiger partial charge on any atom is -0.444 e. The third kappa shape index (κ3) is 6.64. The van der Waals surface area contributed by atoms with Crippen molar-refractivity contribution in [3.63, 3.8) is 0 Å². The van der Waals surface area contributed by atoms with Gasteiger partial charge in [0.15, 0.2) is 0 Å². The zero-order valence-corrected chi connectivity index (χ0v) is 15.6. The molecule has 0 saturated heterocycles. The quantitative estimate of drug-likeness (QED) is 0.747. The van der Waals surface area contributed by atoms with Crippen molar-refractivity contribution in [3.8, 4) is 0 Å². The summed E-state index contributed by atoms with van der Waals surface area (Å²) in [6.07, 6.45) is -0.362. The molecule has 22 heavy (non-hydrogen) atoms. The normalized spacial score (nSPS) is 11.0. The van der Waals surface area contributed by atoms with E-state index in [4.69, 9.17) is 4.74 Å². The van der Waals surface area contributed by atoms with E-state index in [0.29, 0.717) is 25.2 Å². The molecule has 1 aromatic rings. The molecule has 0 spiro atoms. The number of hydrogen-bond donors (Lipinski definition) is 1. The molecule has 0 aliphatic rings. The summed E-state index contributed by atoms with van der Waals surface area (Å²) >= 11 is 2.19. The molecule has 0 radical (unpaired) electrons. The van der Waals surface area contributed by atoms with E-state index in [1.807, 2.05) is 39.8 Å². The van der Waals surface area contributed by atoms with Crippen molar-refractivity contribution in [2.75, 3.05) is 19.6 Å². The van der Waals surface area contributed by atoms with Gasteiger partial charge in [0.05, 0.1) is 0 Å². The van der Waals surface area contributed by atoms with E-state index in [0.717, 1.165) is 3.57 Å². The smallest absolute Gasteiger partial charge is 0.410 e. The van der Waals surface area contributed by atoms with Crippen LogP contribution in [-0.2, 0) is 4.74 Å². The number of carbonyl (C=O) groups excluding carboxylic acids is 2. The first-order valence-electron chi connectivity index (χ1n) is 7.24. The van der Waals surface area contributed by atoms with Gasteiger partial charge in [-0.15, -0.1) is 0 Å². The van der Waals surface area contributed by atoms with Gasteiger partial charge in [-0.2, -0.15) is 0 Å². The van der Waals surface area contributed by atoms with Crippen LogP contribution < -0.4 is 5.32 Å². The van der Waals surface area contributed by atoms with E-state index in [1.54, 1.807) is 17.0 Å². The number of carbonyl (C=O) groups is 2. The maximum absolute atomic E-state index is 12.0. The van der Waals surface area contributed by atoms with Gasteiger partial charge in [0.2, 0.25) is 0 Å². The van der Waals surface area contributed by atoms with Crippen LogP contribution in [0.15, 0.2) is 24.3 Å². The molecule has 1 rings (SSSR count). The number of benzene rings is 1. The van der Waals surface area contributed by atoms with Gasteiger partial charge >= 0.3 is 6.09 Å². The van der Waals surface area contributed by atoms with Crippen LogP contribution in [0.5, 0.6) is 0 Å². The van der Waals surface area contributed by atoms with Gasteiger partial charge in [0, 0.05) is 28.8 Å². The van der Waals surface area contributed by atoms with Crippen LogP contribution in [0.3, 0.4) is 0 Å². The Labute approximate surface area is 145 Å². The van der Waals surface area contributed by atoms with Crippen LogP contribution in [0.25, 0.3) is 0 Å². The molecule has 5 nitrogen and oxygen atoms in total. The van der Waals surface area contributed by atoms with Crippen molar-refractivity contribution in [3.05, 3.63) is 33.4 Å². The Balaban J connectivity index is 2.45. The van der Waals surface area contributed by atoms with Crippen molar-refractivity contribution in [2.24, 2.45) is 0 Å². The minimum absolute atomic E-state index is 0.142. The van der Waals surface area contributed by atoms with Gasteiger partial charge in [0.25, 0.3) is 5.91 Å². The Morgan fingerprint density at radius 3 is 2.32 bits per heavy atom. The number of halogens is 1. The summed E-state index contributed by atoms with van der Waals surface area (Å²) < 4.78 is 6.40. The van der Waals surface area contributed by atoms with Gasteiger partial charge in [-0.3, -0.25) is 4.79 Å². The third-order valence-corrected chi connectivity index (χ3v) is 3.53. The molecule has 0 atom stereocenters. The predicted octanol–water partition coefficient (Wildman–Crippen LogP) is 3.28. The lowest BCUT2D eigenvalue weighted by Gasteiger charge is -2.26. The molecule has 0 aliphatic carbocycles. The van der Waals surface area contributed by atoms with E-state index in [-0.39, 0.29) is 12.0 Å². The van der Waals surface area contributed by atoms with Crippen molar-refractivity contribution >= 4 is 34.6 Å². The second kappa shape index (κ2) is 8.36. The van der Waals surface area contributed by atoms with Crippen molar-refractivity contribution in [1.82, 2.24) is 10.2 Å². The van der Waals surface area contributed by atoms with Crippen LogP contribution in [0, 0.1) is 3.57 Å². The number of rotatable bonds is 5. The predicted molar refractivity (Wildman–Crippen MR) is 95.0 cm³/mol. The average Bonchev–Trinajstić information content (AvgIpc) is 2.42. The summed E-state index contributed by atoms with van der Waals surface area (Å²) in [5.74, 6) is -0.142. The maximum Gasteiger partial charge on any atom is 0.410 e. The van der Waals surface area contributed by atoms with Crippen LogP contribution in [0.1, 0.15) is 38.1 Å². The molecule has 0 fully saturated rings. The van der Waals surface area contributed by atoms with Gasteiger partial charge in [-0.05, 0) is 74.6 Å². The topological polar surface area (TPSA) is 58.6 Å². The van der Waals surface area contributed by atoms with E-state index in [2.05, 4.69) is 27.9 Å². The third-order valence-electron chi connectivity index (χ3n) is 2.81. The van der Waals surface area contributed by atoms with Crippen molar-refractivity contribution in [1.29, 1.82) is 0 Å².